The molecule has 0 aliphatic rings. The Labute approximate surface area is 102 Å². The summed E-state index contributed by atoms with van der Waals surface area (Å²) in [7, 11) is 0. The number of hydrogen-bond acceptors (Lipinski definition) is 3. The first kappa shape index (κ1) is 13.7. The molecule has 5 nitrogen and oxygen atoms in total. The van der Waals surface area contributed by atoms with Gasteiger partial charge in [0.15, 0.2) is 0 Å². The highest BCUT2D eigenvalue weighted by Crippen LogP contribution is 2.01. The van der Waals surface area contributed by atoms with Crippen LogP contribution in [0.3, 0.4) is 0 Å². The van der Waals surface area contributed by atoms with Crippen molar-refractivity contribution in [3.05, 3.63) is 17.5 Å². The fraction of sp³-hybridized carbons (Fsp3) is 0.667. The Morgan fingerprint density at radius 1 is 1.59 bits per heavy atom. The van der Waals surface area contributed by atoms with Gasteiger partial charge in [0.2, 0.25) is 5.91 Å². The van der Waals surface area contributed by atoms with Crippen molar-refractivity contribution in [1.82, 2.24) is 15.1 Å². The Balaban J connectivity index is 2.28. The third-order valence-corrected chi connectivity index (χ3v) is 2.52. The summed E-state index contributed by atoms with van der Waals surface area (Å²) in [5.74, 6) is -0.0400. The Morgan fingerprint density at radius 2 is 2.29 bits per heavy atom. The normalized spacial score (nSPS) is 12.5. The molecule has 1 amide bonds. The number of carbonyl (C=O) groups is 1. The van der Waals surface area contributed by atoms with E-state index in [4.69, 9.17) is 5.11 Å². The Kier molecular flexibility index (Phi) is 5.15. The molecular weight excluding hydrogens is 218 g/mol. The Morgan fingerprint density at radius 3 is 2.82 bits per heavy atom. The molecule has 0 aromatic carbocycles. The van der Waals surface area contributed by atoms with Crippen molar-refractivity contribution in [3.63, 3.8) is 0 Å². The minimum absolute atomic E-state index is 0.0400. The van der Waals surface area contributed by atoms with Crippen LogP contribution in [-0.2, 0) is 11.3 Å². The predicted octanol–water partition coefficient (Wildman–Crippen LogP) is 0.777. The van der Waals surface area contributed by atoms with Crippen molar-refractivity contribution in [2.75, 3.05) is 6.54 Å². The van der Waals surface area contributed by atoms with Crippen LogP contribution in [0.15, 0.2) is 6.07 Å². The molecule has 1 unspecified atom stereocenters. The van der Waals surface area contributed by atoms with Crippen molar-refractivity contribution in [2.24, 2.45) is 0 Å². The van der Waals surface area contributed by atoms with E-state index in [2.05, 4.69) is 10.4 Å². The van der Waals surface area contributed by atoms with Crippen LogP contribution in [0, 0.1) is 13.8 Å². The van der Waals surface area contributed by atoms with Gasteiger partial charge in [-0.2, -0.15) is 5.10 Å². The van der Waals surface area contributed by atoms with Crippen molar-refractivity contribution >= 4 is 5.91 Å². The second kappa shape index (κ2) is 6.39. The lowest BCUT2D eigenvalue weighted by atomic mass is 10.2. The molecule has 0 bridgehead atoms. The van der Waals surface area contributed by atoms with Crippen LogP contribution in [0.25, 0.3) is 0 Å². The molecular formula is C12H21N3O2. The predicted molar refractivity (Wildman–Crippen MR) is 65.6 cm³/mol. The summed E-state index contributed by atoms with van der Waals surface area (Å²) in [6, 6.07) is 1.95. The van der Waals surface area contributed by atoms with Crippen LogP contribution < -0.4 is 5.32 Å². The molecule has 0 aliphatic heterocycles. The highest BCUT2D eigenvalue weighted by atomic mass is 16.3. The maximum Gasteiger partial charge on any atom is 0.241 e. The fourth-order valence-corrected chi connectivity index (χ4v) is 1.65. The smallest absolute Gasteiger partial charge is 0.241 e. The SMILES string of the molecule is Cc1cc(C)n(CC(=O)NCCCC(C)O)n1. The van der Waals surface area contributed by atoms with E-state index in [1.54, 1.807) is 11.6 Å². The molecule has 1 aromatic rings. The zero-order valence-corrected chi connectivity index (χ0v) is 10.7. The Hall–Kier alpha value is -1.36. The second-order valence-electron chi connectivity index (χ2n) is 4.43. The van der Waals surface area contributed by atoms with E-state index in [1.807, 2.05) is 19.9 Å². The highest BCUT2D eigenvalue weighted by Gasteiger charge is 2.06. The summed E-state index contributed by atoms with van der Waals surface area (Å²) >= 11 is 0. The summed E-state index contributed by atoms with van der Waals surface area (Å²) in [6.07, 6.45) is 1.20. The lowest BCUT2D eigenvalue weighted by Gasteiger charge is -2.07. The summed E-state index contributed by atoms with van der Waals surface area (Å²) < 4.78 is 1.69. The second-order valence-corrected chi connectivity index (χ2v) is 4.43. The summed E-state index contributed by atoms with van der Waals surface area (Å²) in [5.41, 5.74) is 1.91. The van der Waals surface area contributed by atoms with E-state index in [1.165, 1.54) is 0 Å². The average Bonchev–Trinajstić information content (AvgIpc) is 2.52. The number of nitrogens with zero attached hydrogens (tertiary/aromatic N) is 2. The quantitative estimate of drug-likeness (QED) is 0.721. The van der Waals surface area contributed by atoms with Gasteiger partial charge in [-0.25, -0.2) is 0 Å². The maximum atomic E-state index is 11.6. The standard InChI is InChI=1S/C12H21N3O2/c1-9-7-10(2)15(14-9)8-12(17)13-6-4-5-11(3)16/h7,11,16H,4-6,8H2,1-3H3,(H,13,17). The number of nitrogens with one attached hydrogen (secondary N) is 1. The largest absolute Gasteiger partial charge is 0.393 e. The van der Waals surface area contributed by atoms with E-state index in [0.29, 0.717) is 13.0 Å². The number of aryl methyl sites for hydroxylation is 2. The number of rotatable bonds is 6. The van der Waals surface area contributed by atoms with Gasteiger partial charge in [0.05, 0.1) is 11.8 Å². The van der Waals surface area contributed by atoms with E-state index in [9.17, 15) is 4.79 Å². The van der Waals surface area contributed by atoms with Crippen molar-refractivity contribution in [3.8, 4) is 0 Å². The first-order valence-electron chi connectivity index (χ1n) is 5.95. The van der Waals surface area contributed by atoms with Gasteiger partial charge in [-0.05, 0) is 39.7 Å². The number of hydrogen-bond donors (Lipinski definition) is 2. The van der Waals surface area contributed by atoms with Crippen LogP contribution in [-0.4, -0.2) is 33.4 Å². The first-order chi connectivity index (χ1) is 7.99. The minimum Gasteiger partial charge on any atom is -0.393 e. The maximum absolute atomic E-state index is 11.6. The number of aromatic nitrogens is 2. The number of aliphatic hydroxyl groups is 1. The number of aliphatic hydroxyl groups excluding tert-OH is 1. The molecule has 96 valence electrons. The molecule has 2 N–H and O–H groups in total. The molecule has 1 aromatic heterocycles. The average molecular weight is 239 g/mol. The lowest BCUT2D eigenvalue weighted by Crippen LogP contribution is -2.29. The molecule has 17 heavy (non-hydrogen) atoms. The monoisotopic (exact) mass is 239 g/mol. The van der Waals surface area contributed by atoms with Crippen LogP contribution in [0.5, 0.6) is 0 Å². The molecule has 1 heterocycles. The van der Waals surface area contributed by atoms with Gasteiger partial charge >= 0.3 is 0 Å². The van der Waals surface area contributed by atoms with Crippen LogP contribution >= 0.6 is 0 Å². The van der Waals surface area contributed by atoms with E-state index < -0.39 is 0 Å². The lowest BCUT2D eigenvalue weighted by molar-refractivity contribution is -0.121. The van der Waals surface area contributed by atoms with Crippen LogP contribution in [0.4, 0.5) is 0 Å². The zero-order chi connectivity index (χ0) is 12.8. The molecule has 0 radical (unpaired) electrons. The van der Waals surface area contributed by atoms with Crippen LogP contribution in [0.1, 0.15) is 31.2 Å². The molecule has 0 spiro atoms. The molecule has 0 fully saturated rings. The molecule has 1 atom stereocenters. The molecule has 5 heteroatoms. The summed E-state index contributed by atoms with van der Waals surface area (Å²) in [5, 5.41) is 16.1. The van der Waals surface area contributed by atoms with Crippen molar-refractivity contribution < 1.29 is 9.90 Å². The van der Waals surface area contributed by atoms with E-state index in [-0.39, 0.29) is 18.6 Å². The number of amides is 1. The summed E-state index contributed by atoms with van der Waals surface area (Å²) in [6.45, 7) is 6.44. The third kappa shape index (κ3) is 4.99. The van der Waals surface area contributed by atoms with Gasteiger partial charge in [-0.3, -0.25) is 9.48 Å². The molecule has 0 saturated heterocycles. The van der Waals surface area contributed by atoms with Gasteiger partial charge < -0.3 is 10.4 Å². The summed E-state index contributed by atoms with van der Waals surface area (Å²) in [4.78, 5) is 11.6. The zero-order valence-electron chi connectivity index (χ0n) is 10.7. The highest BCUT2D eigenvalue weighted by molar-refractivity contribution is 5.75. The van der Waals surface area contributed by atoms with Gasteiger partial charge in [-0.15, -0.1) is 0 Å². The van der Waals surface area contributed by atoms with Gasteiger partial charge in [0.1, 0.15) is 6.54 Å². The minimum atomic E-state index is -0.303. The Bertz CT molecular complexity index is 372. The first-order valence-corrected chi connectivity index (χ1v) is 5.95. The fourth-order valence-electron chi connectivity index (χ4n) is 1.65. The van der Waals surface area contributed by atoms with Gasteiger partial charge in [0.25, 0.3) is 0 Å². The molecule has 0 saturated carbocycles. The van der Waals surface area contributed by atoms with E-state index >= 15 is 0 Å². The van der Waals surface area contributed by atoms with Crippen molar-refractivity contribution in [1.29, 1.82) is 0 Å². The molecule has 0 aliphatic carbocycles. The topological polar surface area (TPSA) is 67.2 Å². The van der Waals surface area contributed by atoms with Gasteiger partial charge in [0, 0.05) is 12.2 Å². The van der Waals surface area contributed by atoms with Gasteiger partial charge in [-0.1, -0.05) is 0 Å². The van der Waals surface area contributed by atoms with E-state index in [0.717, 1.165) is 17.8 Å². The third-order valence-electron chi connectivity index (χ3n) is 2.52. The number of carbonyl (C=O) groups excluding carboxylic acids is 1. The van der Waals surface area contributed by atoms with Crippen LogP contribution in [0.2, 0.25) is 0 Å². The van der Waals surface area contributed by atoms with Crippen molar-refractivity contribution in [2.45, 2.75) is 46.3 Å². The molecule has 1 rings (SSSR count).